The van der Waals surface area contributed by atoms with Crippen molar-refractivity contribution in [2.75, 3.05) is 18.4 Å². The lowest BCUT2D eigenvalue weighted by Crippen LogP contribution is -2.28. The molecule has 0 radical (unpaired) electrons. The van der Waals surface area contributed by atoms with Crippen LogP contribution in [0.3, 0.4) is 0 Å². The van der Waals surface area contributed by atoms with E-state index in [0.29, 0.717) is 24.3 Å². The average molecular weight is 297 g/mol. The van der Waals surface area contributed by atoms with Gasteiger partial charge in [-0.15, -0.1) is 0 Å². The molecular formula is C15H15N5O2. The summed E-state index contributed by atoms with van der Waals surface area (Å²) in [5.74, 6) is -0.769. The molecule has 1 rings (SSSR count). The summed E-state index contributed by atoms with van der Waals surface area (Å²) in [6, 6.07) is 10.2. The second kappa shape index (κ2) is 8.77. The fourth-order valence-electron chi connectivity index (χ4n) is 1.51. The van der Waals surface area contributed by atoms with Gasteiger partial charge in [-0.3, -0.25) is 9.59 Å². The minimum Gasteiger partial charge on any atom is -0.388 e. The third-order valence-electron chi connectivity index (χ3n) is 2.55. The van der Waals surface area contributed by atoms with Gasteiger partial charge in [-0.2, -0.15) is 10.5 Å². The third-order valence-corrected chi connectivity index (χ3v) is 2.55. The number of para-hydroxylation sites is 1. The molecule has 7 heteroatoms. The van der Waals surface area contributed by atoms with Gasteiger partial charge in [-0.25, -0.2) is 0 Å². The van der Waals surface area contributed by atoms with Crippen LogP contribution in [0.15, 0.2) is 36.0 Å². The number of hydrogen-bond donors (Lipinski definition) is 3. The van der Waals surface area contributed by atoms with Crippen LogP contribution in [0.2, 0.25) is 0 Å². The van der Waals surface area contributed by atoms with E-state index in [1.165, 1.54) is 13.1 Å². The third kappa shape index (κ3) is 5.35. The number of anilines is 1. The number of nitrogens with one attached hydrogen (secondary N) is 3. The minimum atomic E-state index is -0.614. The van der Waals surface area contributed by atoms with Crippen molar-refractivity contribution in [3.63, 3.8) is 0 Å². The molecule has 0 unspecified atom stereocenters. The second-order valence-corrected chi connectivity index (χ2v) is 4.22. The summed E-state index contributed by atoms with van der Waals surface area (Å²) in [6.07, 6.45) is 1.27. The molecule has 7 nitrogen and oxygen atoms in total. The molecule has 0 fully saturated rings. The Kier molecular flexibility index (Phi) is 6.67. The Hall–Kier alpha value is -3.32. The van der Waals surface area contributed by atoms with E-state index in [4.69, 9.17) is 10.5 Å². The number of nitriles is 2. The quantitative estimate of drug-likeness (QED) is 0.404. The molecule has 112 valence electrons. The predicted molar refractivity (Wildman–Crippen MR) is 80.2 cm³/mol. The normalized spacial score (nSPS) is 10.0. The molecule has 1 aromatic carbocycles. The summed E-state index contributed by atoms with van der Waals surface area (Å²) in [5, 5.41) is 25.8. The number of benzene rings is 1. The summed E-state index contributed by atoms with van der Waals surface area (Å²) in [6.45, 7) is 2.16. The number of carbonyl (C=O) groups excluding carboxylic acids is 2. The highest BCUT2D eigenvalue weighted by Crippen LogP contribution is 2.14. The van der Waals surface area contributed by atoms with Gasteiger partial charge in [0.2, 0.25) is 5.91 Å². The van der Waals surface area contributed by atoms with E-state index in [9.17, 15) is 9.59 Å². The highest BCUT2D eigenvalue weighted by Gasteiger charge is 2.11. The molecule has 0 saturated carbocycles. The van der Waals surface area contributed by atoms with Crippen LogP contribution in [-0.2, 0) is 9.59 Å². The number of amides is 2. The Morgan fingerprint density at radius 2 is 1.95 bits per heavy atom. The molecule has 0 saturated heterocycles. The summed E-state index contributed by atoms with van der Waals surface area (Å²) < 4.78 is 0. The Morgan fingerprint density at radius 1 is 1.23 bits per heavy atom. The lowest BCUT2D eigenvalue weighted by atomic mass is 10.2. The van der Waals surface area contributed by atoms with Gasteiger partial charge in [-0.05, 0) is 12.1 Å². The van der Waals surface area contributed by atoms with Crippen LogP contribution in [-0.4, -0.2) is 24.9 Å². The molecule has 2 amide bonds. The molecule has 0 spiro atoms. The molecule has 0 aliphatic carbocycles. The van der Waals surface area contributed by atoms with Crippen molar-refractivity contribution in [1.29, 1.82) is 10.5 Å². The molecule has 22 heavy (non-hydrogen) atoms. The van der Waals surface area contributed by atoms with Crippen molar-refractivity contribution in [3.8, 4) is 12.1 Å². The average Bonchev–Trinajstić information content (AvgIpc) is 2.51. The van der Waals surface area contributed by atoms with Crippen molar-refractivity contribution in [2.45, 2.75) is 6.92 Å². The number of rotatable bonds is 6. The minimum absolute atomic E-state index is 0.129. The highest BCUT2D eigenvalue weighted by molar-refractivity contribution is 6.07. The van der Waals surface area contributed by atoms with Gasteiger partial charge < -0.3 is 16.0 Å². The first-order valence-electron chi connectivity index (χ1n) is 6.47. The van der Waals surface area contributed by atoms with E-state index in [1.807, 2.05) is 6.07 Å². The zero-order valence-electron chi connectivity index (χ0n) is 12.0. The first-order chi connectivity index (χ1) is 10.6. The van der Waals surface area contributed by atoms with E-state index >= 15 is 0 Å². The summed E-state index contributed by atoms with van der Waals surface area (Å²) >= 11 is 0. The predicted octanol–water partition coefficient (Wildman–Crippen LogP) is 0.630. The van der Waals surface area contributed by atoms with Crippen molar-refractivity contribution in [2.24, 2.45) is 0 Å². The topological polar surface area (TPSA) is 118 Å². The van der Waals surface area contributed by atoms with Crippen LogP contribution in [0.25, 0.3) is 0 Å². The monoisotopic (exact) mass is 297 g/mol. The van der Waals surface area contributed by atoms with Gasteiger partial charge in [0, 0.05) is 26.2 Å². The maximum Gasteiger partial charge on any atom is 0.267 e. The maximum atomic E-state index is 12.0. The van der Waals surface area contributed by atoms with E-state index < -0.39 is 5.91 Å². The van der Waals surface area contributed by atoms with Crippen molar-refractivity contribution in [1.82, 2.24) is 10.6 Å². The first-order valence-corrected chi connectivity index (χ1v) is 6.47. The summed E-state index contributed by atoms with van der Waals surface area (Å²) in [5.41, 5.74) is 0.525. The van der Waals surface area contributed by atoms with Gasteiger partial charge in [0.25, 0.3) is 5.91 Å². The fraction of sp³-hybridized carbons (Fsp3) is 0.200. The van der Waals surface area contributed by atoms with Crippen molar-refractivity contribution < 1.29 is 9.59 Å². The highest BCUT2D eigenvalue weighted by atomic mass is 16.2. The van der Waals surface area contributed by atoms with E-state index in [1.54, 1.807) is 30.3 Å². The Labute approximate surface area is 128 Å². The molecule has 0 bridgehead atoms. The van der Waals surface area contributed by atoms with Gasteiger partial charge in [0.15, 0.2) is 0 Å². The van der Waals surface area contributed by atoms with Crippen LogP contribution in [0.5, 0.6) is 0 Å². The fourth-order valence-corrected chi connectivity index (χ4v) is 1.51. The standard InChI is InChI=1S/C15H15N5O2/c1-11(21)19-7-6-18-10-13(9-17)15(22)20-14-5-3-2-4-12(14)8-16/h2-5,10,18H,6-7H2,1H3,(H,19,21)(H,20,22)/b13-10-. The van der Waals surface area contributed by atoms with E-state index in [-0.39, 0.29) is 11.5 Å². The van der Waals surface area contributed by atoms with Crippen LogP contribution in [0.1, 0.15) is 12.5 Å². The smallest absolute Gasteiger partial charge is 0.267 e. The largest absolute Gasteiger partial charge is 0.388 e. The van der Waals surface area contributed by atoms with Crippen LogP contribution < -0.4 is 16.0 Å². The van der Waals surface area contributed by atoms with E-state index in [0.717, 1.165) is 0 Å². The van der Waals surface area contributed by atoms with Crippen molar-refractivity contribution in [3.05, 3.63) is 41.6 Å². The summed E-state index contributed by atoms with van der Waals surface area (Å²) in [7, 11) is 0. The number of hydrogen-bond acceptors (Lipinski definition) is 5. The second-order valence-electron chi connectivity index (χ2n) is 4.22. The Bertz CT molecular complexity index is 667. The lowest BCUT2D eigenvalue weighted by Gasteiger charge is -2.06. The van der Waals surface area contributed by atoms with Crippen molar-refractivity contribution >= 4 is 17.5 Å². The van der Waals surface area contributed by atoms with Gasteiger partial charge in [-0.1, -0.05) is 12.1 Å². The molecule has 3 N–H and O–H groups in total. The molecule has 0 atom stereocenters. The molecule has 0 aliphatic heterocycles. The van der Waals surface area contributed by atoms with Crippen LogP contribution in [0, 0.1) is 22.7 Å². The summed E-state index contributed by atoms with van der Waals surface area (Å²) in [4.78, 5) is 22.6. The number of nitrogens with zero attached hydrogens (tertiary/aromatic N) is 2. The molecular weight excluding hydrogens is 282 g/mol. The van der Waals surface area contributed by atoms with Crippen LogP contribution >= 0.6 is 0 Å². The van der Waals surface area contributed by atoms with Gasteiger partial charge >= 0.3 is 0 Å². The molecule has 1 aromatic rings. The Morgan fingerprint density at radius 3 is 2.59 bits per heavy atom. The zero-order valence-corrected chi connectivity index (χ0v) is 12.0. The molecule has 0 aliphatic rings. The lowest BCUT2D eigenvalue weighted by molar-refractivity contribution is -0.119. The molecule has 0 aromatic heterocycles. The number of carbonyl (C=O) groups is 2. The Balaban J connectivity index is 2.63. The van der Waals surface area contributed by atoms with Gasteiger partial charge in [0.1, 0.15) is 17.7 Å². The zero-order chi connectivity index (χ0) is 16.4. The van der Waals surface area contributed by atoms with E-state index in [2.05, 4.69) is 16.0 Å². The van der Waals surface area contributed by atoms with Gasteiger partial charge in [0.05, 0.1) is 11.3 Å². The maximum absolute atomic E-state index is 12.0. The first kappa shape index (κ1) is 16.7. The SMILES string of the molecule is CC(=O)NCCN/C=C(/C#N)C(=O)Nc1ccccc1C#N. The van der Waals surface area contributed by atoms with Crippen LogP contribution in [0.4, 0.5) is 5.69 Å². The molecule has 0 heterocycles.